The Morgan fingerprint density at radius 1 is 1.19 bits per heavy atom. The van der Waals surface area contributed by atoms with Crippen molar-refractivity contribution in [2.24, 2.45) is 11.3 Å². The van der Waals surface area contributed by atoms with Gasteiger partial charge in [-0.3, -0.25) is 4.79 Å². The molecular formula is C26H32N2O4. The monoisotopic (exact) mass is 436 g/mol. The largest absolute Gasteiger partial charge is 0.487 e. The van der Waals surface area contributed by atoms with Crippen LogP contribution < -0.4 is 9.47 Å². The minimum Gasteiger partial charge on any atom is -0.487 e. The van der Waals surface area contributed by atoms with Crippen LogP contribution in [0.5, 0.6) is 11.6 Å². The first-order valence-electron chi connectivity index (χ1n) is 11.5. The maximum Gasteiger partial charge on any atom is 0.255 e. The predicted octanol–water partition coefficient (Wildman–Crippen LogP) is 4.57. The van der Waals surface area contributed by atoms with Gasteiger partial charge in [-0.2, -0.15) is 0 Å². The number of fused-ring (bicyclic) bond motifs is 3. The van der Waals surface area contributed by atoms with Gasteiger partial charge in [0, 0.05) is 36.8 Å². The van der Waals surface area contributed by atoms with Crippen molar-refractivity contribution in [3.8, 4) is 11.6 Å². The number of methoxy groups -OCH3 is 1. The van der Waals surface area contributed by atoms with Crippen molar-refractivity contribution >= 4 is 5.91 Å². The summed E-state index contributed by atoms with van der Waals surface area (Å²) >= 11 is 0. The minimum atomic E-state index is -0.291. The number of pyridine rings is 1. The van der Waals surface area contributed by atoms with Gasteiger partial charge < -0.3 is 19.1 Å². The Morgan fingerprint density at radius 2 is 1.97 bits per heavy atom. The second-order valence-electron chi connectivity index (χ2n) is 10.2. The summed E-state index contributed by atoms with van der Waals surface area (Å²) < 4.78 is 18.2. The van der Waals surface area contributed by atoms with Gasteiger partial charge in [-0.1, -0.05) is 12.1 Å². The zero-order chi connectivity index (χ0) is 22.5. The molecule has 3 aliphatic heterocycles. The Kier molecular flexibility index (Phi) is 5.16. The average molecular weight is 437 g/mol. The zero-order valence-electron chi connectivity index (χ0n) is 19.4. The van der Waals surface area contributed by atoms with E-state index in [4.69, 9.17) is 14.2 Å². The molecule has 1 aromatic carbocycles. The minimum absolute atomic E-state index is 0.0373. The van der Waals surface area contributed by atoms with Gasteiger partial charge in [0.15, 0.2) is 0 Å². The molecule has 2 aromatic rings. The van der Waals surface area contributed by atoms with Crippen LogP contribution in [0.3, 0.4) is 0 Å². The number of piperidine rings is 1. The van der Waals surface area contributed by atoms with E-state index in [1.165, 1.54) is 11.1 Å². The maximum atomic E-state index is 13.0. The van der Waals surface area contributed by atoms with Crippen molar-refractivity contribution in [2.75, 3.05) is 26.8 Å². The van der Waals surface area contributed by atoms with Crippen molar-refractivity contribution in [1.82, 2.24) is 9.88 Å². The molecule has 0 N–H and O–H groups in total. The number of carbonyl (C=O) groups excluding carboxylic acids is 1. The fourth-order valence-electron chi connectivity index (χ4n) is 5.60. The van der Waals surface area contributed by atoms with E-state index in [1.54, 1.807) is 25.4 Å². The first kappa shape index (κ1) is 21.3. The summed E-state index contributed by atoms with van der Waals surface area (Å²) in [4.78, 5) is 19.1. The van der Waals surface area contributed by atoms with Crippen molar-refractivity contribution in [2.45, 2.75) is 51.7 Å². The Balaban J connectivity index is 1.29. The van der Waals surface area contributed by atoms with E-state index in [-0.39, 0.29) is 23.0 Å². The van der Waals surface area contributed by atoms with Crippen LogP contribution in [0.1, 0.15) is 60.7 Å². The number of amides is 1. The highest BCUT2D eigenvalue weighted by atomic mass is 16.5. The lowest BCUT2D eigenvalue weighted by Gasteiger charge is -2.54. The molecule has 6 nitrogen and oxygen atoms in total. The summed E-state index contributed by atoms with van der Waals surface area (Å²) in [6.07, 6.45) is 4.63. The van der Waals surface area contributed by atoms with Crippen molar-refractivity contribution in [1.29, 1.82) is 0 Å². The normalized spacial score (nSPS) is 25.4. The van der Waals surface area contributed by atoms with E-state index in [1.807, 2.05) is 4.90 Å². The molecule has 2 fully saturated rings. The smallest absolute Gasteiger partial charge is 0.255 e. The number of rotatable bonds is 2. The number of aryl methyl sites for hydroxylation is 1. The Hall–Kier alpha value is -2.60. The highest BCUT2D eigenvalue weighted by Crippen LogP contribution is 2.55. The van der Waals surface area contributed by atoms with E-state index in [0.717, 1.165) is 44.7 Å². The zero-order valence-corrected chi connectivity index (χ0v) is 19.4. The number of aromatic nitrogens is 1. The van der Waals surface area contributed by atoms with Gasteiger partial charge in [0.25, 0.3) is 5.91 Å². The van der Waals surface area contributed by atoms with E-state index in [0.29, 0.717) is 17.4 Å². The Labute approximate surface area is 189 Å². The van der Waals surface area contributed by atoms with Crippen LogP contribution in [0.25, 0.3) is 0 Å². The van der Waals surface area contributed by atoms with Crippen LogP contribution in [-0.2, 0) is 4.74 Å². The molecule has 5 rings (SSSR count). The van der Waals surface area contributed by atoms with Gasteiger partial charge in [0.05, 0.1) is 25.4 Å². The predicted molar refractivity (Wildman–Crippen MR) is 121 cm³/mol. The molecule has 170 valence electrons. The molecule has 32 heavy (non-hydrogen) atoms. The number of likely N-dealkylation sites (tertiary alicyclic amines) is 1. The van der Waals surface area contributed by atoms with Crippen molar-refractivity contribution < 1.29 is 19.0 Å². The molecule has 0 radical (unpaired) electrons. The third-order valence-electron chi connectivity index (χ3n) is 7.63. The number of benzene rings is 1. The fourth-order valence-corrected chi connectivity index (χ4v) is 5.60. The molecule has 2 atom stereocenters. The highest BCUT2D eigenvalue weighted by molar-refractivity contribution is 5.94. The number of nitrogens with zero attached hydrogens (tertiary/aromatic N) is 2. The van der Waals surface area contributed by atoms with E-state index in [9.17, 15) is 4.79 Å². The number of hydrogen-bond acceptors (Lipinski definition) is 5. The van der Waals surface area contributed by atoms with E-state index >= 15 is 0 Å². The Bertz CT molecular complexity index is 1010. The van der Waals surface area contributed by atoms with Crippen LogP contribution in [0, 0.1) is 18.3 Å². The Morgan fingerprint density at radius 3 is 2.66 bits per heavy atom. The van der Waals surface area contributed by atoms with Crippen LogP contribution in [0.2, 0.25) is 0 Å². The second-order valence-corrected chi connectivity index (χ2v) is 10.2. The maximum absolute atomic E-state index is 13.0. The van der Waals surface area contributed by atoms with Gasteiger partial charge in [-0.15, -0.1) is 0 Å². The first-order valence-corrected chi connectivity index (χ1v) is 11.5. The van der Waals surface area contributed by atoms with E-state index in [2.05, 4.69) is 44.0 Å². The van der Waals surface area contributed by atoms with Gasteiger partial charge in [0.1, 0.15) is 11.4 Å². The molecule has 1 spiro atoms. The molecule has 2 saturated heterocycles. The topological polar surface area (TPSA) is 60.9 Å². The lowest BCUT2D eigenvalue weighted by Crippen LogP contribution is -2.54. The first-order chi connectivity index (χ1) is 15.3. The summed E-state index contributed by atoms with van der Waals surface area (Å²) in [6, 6.07) is 9.95. The molecule has 1 aromatic heterocycles. The third-order valence-corrected chi connectivity index (χ3v) is 7.63. The third kappa shape index (κ3) is 3.64. The molecule has 0 bridgehead atoms. The van der Waals surface area contributed by atoms with Gasteiger partial charge in [0.2, 0.25) is 5.88 Å². The SMILES string of the molecule is COc1ccc(C(=O)N2CCC3(CC2)CO[C@@H]2c4ccc(C)cc4OC(C)(C)[C@H]2C3)cn1. The standard InChI is InChI=1S/C26H32N2O4/c1-17-5-7-19-21(13-17)32-25(2,3)20-14-26(16-31-23(19)20)9-11-28(12-10-26)24(29)18-6-8-22(30-4)27-15-18/h5-8,13,15,20,23H,9-12,14,16H2,1-4H3/t20-,23+/m0/s1. The molecule has 1 amide bonds. The highest BCUT2D eigenvalue weighted by Gasteiger charge is 2.52. The van der Waals surface area contributed by atoms with Crippen LogP contribution in [0.15, 0.2) is 36.5 Å². The van der Waals surface area contributed by atoms with Gasteiger partial charge in [-0.05, 0) is 63.1 Å². The summed E-state index contributed by atoms with van der Waals surface area (Å²) in [5.74, 6) is 1.80. The average Bonchev–Trinajstić information content (AvgIpc) is 2.79. The van der Waals surface area contributed by atoms with Crippen LogP contribution in [-0.4, -0.2) is 48.2 Å². The molecule has 0 aliphatic carbocycles. The molecule has 3 aliphatic rings. The fraction of sp³-hybridized carbons (Fsp3) is 0.538. The summed E-state index contributed by atoms with van der Waals surface area (Å²) in [6.45, 7) is 8.69. The molecule has 6 heteroatoms. The lowest BCUT2D eigenvalue weighted by atomic mass is 9.64. The lowest BCUT2D eigenvalue weighted by molar-refractivity contribution is -0.173. The van der Waals surface area contributed by atoms with Gasteiger partial charge in [-0.25, -0.2) is 4.98 Å². The van der Waals surface area contributed by atoms with Gasteiger partial charge >= 0.3 is 0 Å². The summed E-state index contributed by atoms with van der Waals surface area (Å²) in [7, 11) is 1.57. The molecule has 0 saturated carbocycles. The molecular weight excluding hydrogens is 404 g/mol. The summed E-state index contributed by atoms with van der Waals surface area (Å²) in [5, 5.41) is 0. The van der Waals surface area contributed by atoms with Crippen LogP contribution in [0.4, 0.5) is 0 Å². The molecule has 4 heterocycles. The van der Waals surface area contributed by atoms with Crippen LogP contribution >= 0.6 is 0 Å². The summed E-state index contributed by atoms with van der Waals surface area (Å²) in [5.41, 5.74) is 2.79. The van der Waals surface area contributed by atoms with E-state index < -0.39 is 0 Å². The van der Waals surface area contributed by atoms with Crippen molar-refractivity contribution in [3.63, 3.8) is 0 Å². The number of ether oxygens (including phenoxy) is 3. The second kappa shape index (κ2) is 7.77. The molecule has 0 unspecified atom stereocenters. The number of hydrogen-bond donors (Lipinski definition) is 0. The number of carbonyl (C=O) groups is 1. The van der Waals surface area contributed by atoms with Crippen molar-refractivity contribution in [3.05, 3.63) is 53.2 Å². The quantitative estimate of drug-likeness (QED) is 0.690.